The van der Waals surface area contributed by atoms with Crippen molar-refractivity contribution in [3.05, 3.63) is 23.8 Å². The molecule has 4 aliphatic rings. The lowest BCUT2D eigenvalue weighted by Crippen LogP contribution is -2.43. The molecule has 0 amide bonds. The number of aliphatic imine (C=N–C) groups is 1. The van der Waals surface area contributed by atoms with Crippen LogP contribution in [0.15, 0.2) is 28.8 Å². The molecule has 4 rings (SSSR count). The van der Waals surface area contributed by atoms with Crippen LogP contribution in [0.1, 0.15) is 78.6 Å². The summed E-state index contributed by atoms with van der Waals surface area (Å²) in [5, 5.41) is 39.1. The number of ether oxygens (including phenoxy) is 1. The van der Waals surface area contributed by atoms with Gasteiger partial charge in [0.25, 0.3) is 0 Å². The van der Waals surface area contributed by atoms with Crippen LogP contribution in [-0.2, 0) is 14.3 Å². The molecule has 0 unspecified atom stereocenters. The average molecular weight is 549 g/mol. The van der Waals surface area contributed by atoms with Crippen LogP contribution in [0, 0.1) is 23.7 Å². The van der Waals surface area contributed by atoms with Crippen LogP contribution < -0.4 is 0 Å². The van der Waals surface area contributed by atoms with Gasteiger partial charge in [-0.05, 0) is 55.9 Å². The third kappa shape index (κ3) is 9.15. The molecule has 0 aromatic rings. The molecule has 0 bridgehead atoms. The van der Waals surface area contributed by atoms with Gasteiger partial charge in [0.2, 0.25) is 0 Å². The average Bonchev–Trinajstić information content (AvgIpc) is 3.36. The number of amidine groups is 1. The van der Waals surface area contributed by atoms with Crippen LogP contribution >= 0.6 is 0 Å². The molecule has 1 fully saturated rings. The number of carboxylic acids is 1. The fraction of sp³-hybridized carbons (Fsp3) is 0.767. The first-order valence-corrected chi connectivity index (χ1v) is 14.7. The van der Waals surface area contributed by atoms with Crippen molar-refractivity contribution in [1.82, 2.24) is 4.90 Å². The Morgan fingerprint density at radius 2 is 1.95 bits per heavy atom. The normalized spacial score (nSPS) is 30.0. The van der Waals surface area contributed by atoms with E-state index in [1.54, 1.807) is 0 Å². The van der Waals surface area contributed by atoms with E-state index in [9.17, 15) is 24.9 Å². The summed E-state index contributed by atoms with van der Waals surface area (Å²) < 4.78 is 5.84. The number of carbonyl (C=O) groups excluding carboxylic acids is 1. The van der Waals surface area contributed by atoms with E-state index in [2.05, 4.69) is 22.9 Å². The molecule has 0 saturated carbocycles. The molecule has 0 aromatic heterocycles. The van der Waals surface area contributed by atoms with E-state index >= 15 is 0 Å². The van der Waals surface area contributed by atoms with E-state index in [0.717, 1.165) is 12.1 Å². The minimum Gasteiger partial charge on any atom is -0.481 e. The number of aliphatic hydroxyl groups is 3. The second-order valence-electron chi connectivity index (χ2n) is 11.6. The summed E-state index contributed by atoms with van der Waals surface area (Å²) in [6, 6.07) is 0. The number of carbonyl (C=O) groups is 2. The maximum absolute atomic E-state index is 12.4. The van der Waals surface area contributed by atoms with Crippen LogP contribution in [0.2, 0.25) is 0 Å². The summed E-state index contributed by atoms with van der Waals surface area (Å²) in [5.41, 5.74) is 0.958. The molecule has 220 valence electrons. The molecule has 9 nitrogen and oxygen atoms in total. The Morgan fingerprint density at radius 1 is 1.21 bits per heavy atom. The Labute approximate surface area is 232 Å². The van der Waals surface area contributed by atoms with Crippen molar-refractivity contribution in [1.29, 1.82) is 0 Å². The Balaban J connectivity index is 0.000000387. The van der Waals surface area contributed by atoms with Gasteiger partial charge in [-0.15, -0.1) is 0 Å². The number of rotatable bonds is 10. The molecule has 9 heteroatoms. The first-order valence-electron chi connectivity index (χ1n) is 14.7. The molecule has 2 aliphatic heterocycles. The number of aliphatic carboxylic acids is 1. The van der Waals surface area contributed by atoms with E-state index in [4.69, 9.17) is 9.84 Å². The molecular weight excluding hydrogens is 500 g/mol. The van der Waals surface area contributed by atoms with Gasteiger partial charge in [-0.3, -0.25) is 14.6 Å². The van der Waals surface area contributed by atoms with Crippen LogP contribution in [-0.4, -0.2) is 87.2 Å². The van der Waals surface area contributed by atoms with Gasteiger partial charge >= 0.3 is 11.9 Å². The van der Waals surface area contributed by atoms with Crippen molar-refractivity contribution in [2.45, 2.75) is 103 Å². The Kier molecular flexibility index (Phi) is 12.0. The number of fused-ring (bicyclic) bond motifs is 2. The highest BCUT2D eigenvalue weighted by molar-refractivity contribution is 5.84. The summed E-state index contributed by atoms with van der Waals surface area (Å²) in [4.78, 5) is 30.0. The van der Waals surface area contributed by atoms with Gasteiger partial charge in [0, 0.05) is 38.4 Å². The number of allylic oxidation sites excluding steroid dienone is 2. The van der Waals surface area contributed by atoms with Crippen LogP contribution in [0.3, 0.4) is 0 Å². The van der Waals surface area contributed by atoms with E-state index < -0.39 is 30.4 Å². The van der Waals surface area contributed by atoms with E-state index in [-0.39, 0.29) is 42.5 Å². The Morgan fingerprint density at radius 3 is 2.64 bits per heavy atom. The highest BCUT2D eigenvalue weighted by Gasteiger charge is 2.42. The molecule has 0 spiro atoms. The van der Waals surface area contributed by atoms with Crippen LogP contribution in [0.4, 0.5) is 0 Å². The second-order valence-corrected chi connectivity index (χ2v) is 11.6. The molecule has 2 heterocycles. The van der Waals surface area contributed by atoms with Crippen molar-refractivity contribution in [2.75, 3.05) is 19.6 Å². The number of aliphatic hydroxyl groups excluding tert-OH is 3. The summed E-state index contributed by atoms with van der Waals surface area (Å²) in [6.07, 6.45) is 8.47. The zero-order valence-electron chi connectivity index (χ0n) is 23.7. The highest BCUT2D eigenvalue weighted by atomic mass is 16.5. The summed E-state index contributed by atoms with van der Waals surface area (Å²) >= 11 is 0. The van der Waals surface area contributed by atoms with Crippen LogP contribution in [0.5, 0.6) is 0 Å². The molecule has 2 aliphatic carbocycles. The number of nitrogens with zero attached hydrogens (tertiary/aromatic N) is 2. The van der Waals surface area contributed by atoms with Crippen LogP contribution in [0.25, 0.3) is 0 Å². The largest absolute Gasteiger partial charge is 0.481 e. The van der Waals surface area contributed by atoms with Gasteiger partial charge in [-0.1, -0.05) is 39.0 Å². The third-order valence-electron chi connectivity index (χ3n) is 8.52. The van der Waals surface area contributed by atoms with E-state index in [0.29, 0.717) is 25.7 Å². The van der Waals surface area contributed by atoms with E-state index in [1.807, 2.05) is 26.0 Å². The summed E-state index contributed by atoms with van der Waals surface area (Å²) in [5.74, 6) is 0.0666. The number of hydrogen-bond acceptors (Lipinski definition) is 8. The van der Waals surface area contributed by atoms with Gasteiger partial charge in [-0.25, -0.2) is 0 Å². The standard InChI is InChI=1S/C23H36O7.C7H12N2/c1-4-13(2)23(29)30-20-11-17(25)9-15-6-5-14(3)19(22(15)20)8-7-16(24)10-18(26)12-21(27)28;1-3-7-8-4-2-6-9(7)5-1/h5-6,9,13-14,16-20,22,24-26H,4,7-8,10-12H2,1-3H3,(H,27,28);1-6H2/t13-,14-,16+,17+,18+,19-,20-,22-;/m0./s1. The maximum atomic E-state index is 12.4. The summed E-state index contributed by atoms with van der Waals surface area (Å²) in [6.45, 7) is 9.45. The molecular formula is C30H48N2O7. The van der Waals surface area contributed by atoms with Crippen molar-refractivity contribution in [2.24, 2.45) is 28.7 Å². The van der Waals surface area contributed by atoms with Gasteiger partial charge in [0.05, 0.1) is 36.5 Å². The zero-order chi connectivity index (χ0) is 28.5. The molecule has 4 N–H and O–H groups in total. The molecule has 8 atom stereocenters. The highest BCUT2D eigenvalue weighted by Crippen LogP contribution is 2.44. The minimum atomic E-state index is -1.10. The monoisotopic (exact) mass is 548 g/mol. The maximum Gasteiger partial charge on any atom is 0.308 e. The molecule has 0 radical (unpaired) electrons. The van der Waals surface area contributed by atoms with Crippen molar-refractivity contribution in [3.8, 4) is 0 Å². The number of carboxylic acid groups (broad SMARTS) is 1. The van der Waals surface area contributed by atoms with Gasteiger partial charge < -0.3 is 30.1 Å². The quantitative estimate of drug-likeness (QED) is 0.305. The molecule has 0 aromatic carbocycles. The lowest BCUT2D eigenvalue weighted by Gasteiger charge is -2.43. The SMILES string of the molecule is C1CN=C2CCCN2C1.CC[C@H](C)C(=O)O[C@H]1C[C@H](O)C=C2C=C[C@H](C)[C@H](CC[C@@H](O)C[C@@H](O)CC(=O)O)[C@H]21. The van der Waals surface area contributed by atoms with E-state index in [1.165, 1.54) is 38.2 Å². The fourth-order valence-electron chi connectivity index (χ4n) is 6.13. The van der Waals surface area contributed by atoms with Crippen molar-refractivity contribution in [3.63, 3.8) is 0 Å². The predicted molar refractivity (Wildman–Crippen MR) is 149 cm³/mol. The zero-order valence-corrected chi connectivity index (χ0v) is 23.7. The minimum absolute atomic E-state index is 0.0156. The first kappa shape index (κ1) is 31.3. The lowest BCUT2D eigenvalue weighted by molar-refractivity contribution is -0.159. The van der Waals surface area contributed by atoms with Gasteiger partial charge in [0.1, 0.15) is 6.10 Å². The first-order chi connectivity index (χ1) is 18.6. The Bertz CT molecular complexity index is 917. The van der Waals surface area contributed by atoms with Crippen molar-refractivity contribution < 1.29 is 34.8 Å². The Hall–Kier alpha value is -2.23. The second kappa shape index (κ2) is 15.0. The fourth-order valence-corrected chi connectivity index (χ4v) is 6.13. The molecule has 39 heavy (non-hydrogen) atoms. The smallest absolute Gasteiger partial charge is 0.308 e. The predicted octanol–water partition coefficient (Wildman–Crippen LogP) is 3.32. The van der Waals surface area contributed by atoms with Crippen molar-refractivity contribution >= 4 is 17.8 Å². The third-order valence-corrected chi connectivity index (χ3v) is 8.52. The summed E-state index contributed by atoms with van der Waals surface area (Å²) in [7, 11) is 0. The topological polar surface area (TPSA) is 140 Å². The lowest BCUT2D eigenvalue weighted by atomic mass is 9.66. The molecule has 1 saturated heterocycles. The number of hydrogen-bond donors (Lipinski definition) is 4. The van der Waals surface area contributed by atoms with Gasteiger partial charge in [-0.2, -0.15) is 0 Å². The van der Waals surface area contributed by atoms with Gasteiger partial charge in [0.15, 0.2) is 0 Å². The number of esters is 1.